The first-order chi connectivity index (χ1) is 10.2. The molecule has 0 radical (unpaired) electrons. The Labute approximate surface area is 125 Å². The molecule has 0 spiro atoms. The maximum absolute atomic E-state index is 13.4. The van der Waals surface area contributed by atoms with Crippen LogP contribution in [0.4, 0.5) is 10.1 Å². The van der Waals surface area contributed by atoms with Crippen molar-refractivity contribution in [2.75, 3.05) is 12.8 Å². The Morgan fingerprint density at radius 1 is 1.19 bits per heavy atom. The summed E-state index contributed by atoms with van der Waals surface area (Å²) in [7, 11) is 1.47. The van der Waals surface area contributed by atoms with E-state index in [1.807, 2.05) is 12.1 Å². The minimum atomic E-state index is -0.514. The summed E-state index contributed by atoms with van der Waals surface area (Å²) in [6.07, 6.45) is 0. The van der Waals surface area contributed by atoms with Crippen molar-refractivity contribution in [2.45, 2.75) is 6.61 Å². The van der Waals surface area contributed by atoms with Gasteiger partial charge in [0, 0.05) is 22.4 Å². The Morgan fingerprint density at radius 2 is 2.00 bits per heavy atom. The second-order valence-corrected chi connectivity index (χ2v) is 5.48. The van der Waals surface area contributed by atoms with Gasteiger partial charge < -0.3 is 15.2 Å². The highest BCUT2D eigenvalue weighted by atomic mass is 32.1. The minimum Gasteiger partial charge on any atom is -0.493 e. The van der Waals surface area contributed by atoms with Crippen molar-refractivity contribution in [2.24, 2.45) is 0 Å². The summed E-state index contributed by atoms with van der Waals surface area (Å²) < 4.78 is 25.5. The molecule has 0 fully saturated rings. The Kier molecular flexibility index (Phi) is 3.66. The van der Waals surface area contributed by atoms with E-state index in [9.17, 15) is 4.39 Å². The number of methoxy groups -OCH3 is 1. The van der Waals surface area contributed by atoms with Gasteiger partial charge in [-0.15, -0.1) is 11.3 Å². The van der Waals surface area contributed by atoms with E-state index >= 15 is 0 Å². The van der Waals surface area contributed by atoms with Crippen LogP contribution in [0.2, 0.25) is 0 Å². The third-order valence-electron chi connectivity index (χ3n) is 3.23. The van der Waals surface area contributed by atoms with Gasteiger partial charge in [-0.25, -0.2) is 4.39 Å². The number of halogens is 1. The van der Waals surface area contributed by atoms with Crippen LogP contribution < -0.4 is 15.2 Å². The van der Waals surface area contributed by atoms with E-state index in [1.165, 1.54) is 23.9 Å². The number of thiophene rings is 1. The standard InChI is InChI=1S/C16H14FNO2S/c1-19-14-6-12(17)13(18)7-15(14)20-8-10-9-21-16-5-3-2-4-11(10)16/h2-7,9H,8,18H2,1H3. The molecule has 1 heterocycles. The fourth-order valence-corrected chi connectivity index (χ4v) is 3.07. The second kappa shape index (κ2) is 5.61. The van der Waals surface area contributed by atoms with E-state index in [4.69, 9.17) is 15.2 Å². The van der Waals surface area contributed by atoms with Gasteiger partial charge in [0.2, 0.25) is 0 Å². The van der Waals surface area contributed by atoms with Crippen LogP contribution in [0.5, 0.6) is 11.5 Å². The summed E-state index contributed by atoms with van der Waals surface area (Å²) in [5.41, 5.74) is 6.70. The van der Waals surface area contributed by atoms with E-state index in [0.717, 1.165) is 10.9 Å². The quantitative estimate of drug-likeness (QED) is 0.734. The summed E-state index contributed by atoms with van der Waals surface area (Å²) in [4.78, 5) is 0. The molecule has 3 aromatic rings. The number of hydrogen-bond donors (Lipinski definition) is 1. The Hall–Kier alpha value is -2.27. The topological polar surface area (TPSA) is 44.5 Å². The fraction of sp³-hybridized carbons (Fsp3) is 0.125. The van der Waals surface area contributed by atoms with Crippen molar-refractivity contribution < 1.29 is 13.9 Å². The van der Waals surface area contributed by atoms with Crippen molar-refractivity contribution in [1.29, 1.82) is 0 Å². The highest BCUT2D eigenvalue weighted by Gasteiger charge is 2.11. The smallest absolute Gasteiger partial charge is 0.163 e. The number of nitrogens with two attached hydrogens (primary N) is 1. The van der Waals surface area contributed by atoms with E-state index in [-0.39, 0.29) is 5.69 Å². The van der Waals surface area contributed by atoms with E-state index in [0.29, 0.717) is 18.1 Å². The average molecular weight is 303 g/mol. The molecular formula is C16H14FNO2S. The third kappa shape index (κ3) is 2.64. The monoisotopic (exact) mass is 303 g/mol. The van der Waals surface area contributed by atoms with Crippen LogP contribution in [0, 0.1) is 5.82 Å². The summed E-state index contributed by atoms with van der Waals surface area (Å²) in [6, 6.07) is 10.8. The zero-order chi connectivity index (χ0) is 14.8. The molecule has 108 valence electrons. The molecule has 0 bridgehead atoms. The van der Waals surface area contributed by atoms with Crippen molar-refractivity contribution in [3.63, 3.8) is 0 Å². The van der Waals surface area contributed by atoms with E-state index < -0.39 is 5.82 Å². The summed E-state index contributed by atoms with van der Waals surface area (Å²) in [6.45, 7) is 0.380. The molecule has 0 saturated carbocycles. The molecule has 3 rings (SSSR count). The molecule has 0 unspecified atom stereocenters. The fourth-order valence-electron chi connectivity index (χ4n) is 2.12. The number of ether oxygens (including phenoxy) is 2. The Morgan fingerprint density at radius 3 is 2.81 bits per heavy atom. The van der Waals surface area contributed by atoms with Gasteiger partial charge in [-0.3, -0.25) is 0 Å². The predicted molar refractivity (Wildman–Crippen MR) is 83.5 cm³/mol. The van der Waals surface area contributed by atoms with Crippen LogP contribution in [0.3, 0.4) is 0 Å². The maximum atomic E-state index is 13.4. The van der Waals surface area contributed by atoms with Crippen molar-refractivity contribution in [1.82, 2.24) is 0 Å². The number of fused-ring (bicyclic) bond motifs is 1. The average Bonchev–Trinajstić information content (AvgIpc) is 2.91. The lowest BCUT2D eigenvalue weighted by Gasteiger charge is -2.11. The highest BCUT2D eigenvalue weighted by molar-refractivity contribution is 7.17. The second-order valence-electron chi connectivity index (χ2n) is 4.57. The van der Waals surface area contributed by atoms with Crippen LogP contribution in [-0.2, 0) is 6.61 Å². The van der Waals surface area contributed by atoms with Gasteiger partial charge in [0.05, 0.1) is 12.8 Å². The molecular weight excluding hydrogens is 289 g/mol. The maximum Gasteiger partial charge on any atom is 0.163 e. The molecule has 21 heavy (non-hydrogen) atoms. The van der Waals surface area contributed by atoms with Gasteiger partial charge >= 0.3 is 0 Å². The molecule has 2 aromatic carbocycles. The molecule has 0 aliphatic carbocycles. The van der Waals surface area contributed by atoms with Crippen LogP contribution >= 0.6 is 11.3 Å². The third-order valence-corrected chi connectivity index (χ3v) is 4.24. The first kappa shape index (κ1) is 13.7. The number of hydrogen-bond acceptors (Lipinski definition) is 4. The van der Waals surface area contributed by atoms with Crippen LogP contribution in [-0.4, -0.2) is 7.11 Å². The van der Waals surface area contributed by atoms with Crippen molar-refractivity contribution in [3.05, 3.63) is 53.2 Å². The van der Waals surface area contributed by atoms with Gasteiger partial charge in [-0.2, -0.15) is 0 Å². The lowest BCUT2D eigenvalue weighted by atomic mass is 10.2. The first-order valence-electron chi connectivity index (χ1n) is 6.40. The number of anilines is 1. The van der Waals surface area contributed by atoms with E-state index in [2.05, 4.69) is 17.5 Å². The van der Waals surface area contributed by atoms with Crippen molar-refractivity contribution in [3.8, 4) is 11.5 Å². The first-order valence-corrected chi connectivity index (χ1v) is 7.28. The summed E-state index contributed by atoms with van der Waals surface area (Å²) >= 11 is 1.67. The van der Waals surface area contributed by atoms with Crippen LogP contribution in [0.15, 0.2) is 41.8 Å². The van der Waals surface area contributed by atoms with Crippen LogP contribution in [0.25, 0.3) is 10.1 Å². The molecule has 0 amide bonds. The molecule has 2 N–H and O–H groups in total. The molecule has 0 aliphatic heterocycles. The summed E-state index contributed by atoms with van der Waals surface area (Å²) in [5.74, 6) is 0.257. The molecule has 0 aliphatic rings. The van der Waals surface area contributed by atoms with Crippen molar-refractivity contribution >= 4 is 27.1 Å². The minimum absolute atomic E-state index is 0.0426. The molecule has 0 atom stereocenters. The SMILES string of the molecule is COc1cc(F)c(N)cc1OCc1csc2ccccc12. The van der Waals surface area contributed by atoms with Gasteiger partial charge in [-0.1, -0.05) is 18.2 Å². The van der Waals surface area contributed by atoms with Gasteiger partial charge in [-0.05, 0) is 16.8 Å². The lowest BCUT2D eigenvalue weighted by molar-refractivity contribution is 0.285. The van der Waals surface area contributed by atoms with E-state index in [1.54, 1.807) is 11.3 Å². The van der Waals surface area contributed by atoms with Gasteiger partial charge in [0.25, 0.3) is 0 Å². The van der Waals surface area contributed by atoms with Gasteiger partial charge in [0.15, 0.2) is 11.5 Å². The largest absolute Gasteiger partial charge is 0.493 e. The van der Waals surface area contributed by atoms with Crippen LogP contribution in [0.1, 0.15) is 5.56 Å². The van der Waals surface area contributed by atoms with Gasteiger partial charge in [0.1, 0.15) is 12.4 Å². The Bertz CT molecular complexity index is 785. The highest BCUT2D eigenvalue weighted by Crippen LogP contribution is 2.33. The molecule has 3 nitrogen and oxygen atoms in total. The zero-order valence-electron chi connectivity index (χ0n) is 11.4. The number of rotatable bonds is 4. The zero-order valence-corrected chi connectivity index (χ0v) is 12.2. The normalized spacial score (nSPS) is 10.8. The lowest BCUT2D eigenvalue weighted by Crippen LogP contribution is -2.00. The number of benzene rings is 2. The molecule has 5 heteroatoms. The molecule has 0 saturated heterocycles. The molecule has 1 aromatic heterocycles. The number of nitrogen functional groups attached to an aromatic ring is 1. The predicted octanol–water partition coefficient (Wildman–Crippen LogP) is 4.21. The Balaban J connectivity index is 1.86. The summed E-state index contributed by atoms with van der Waals surface area (Å²) in [5, 5.41) is 3.22.